The highest BCUT2D eigenvalue weighted by atomic mass is 16.4. The average Bonchev–Trinajstić information content (AvgIpc) is 2.54. The lowest BCUT2D eigenvalue weighted by Crippen LogP contribution is -2.08. The van der Waals surface area contributed by atoms with E-state index in [0.29, 0.717) is 6.42 Å². The second-order valence-electron chi connectivity index (χ2n) is 5.52. The van der Waals surface area contributed by atoms with E-state index in [0.717, 1.165) is 38.5 Å². The first-order valence-corrected chi connectivity index (χ1v) is 8.66. The number of rotatable bonds is 13. The van der Waals surface area contributed by atoms with Gasteiger partial charge in [-0.05, 0) is 44.9 Å². The Balaban J connectivity index is 3.54. The molecule has 0 aromatic heterocycles. The van der Waals surface area contributed by atoms with Gasteiger partial charge in [0.05, 0.1) is 5.92 Å². The van der Waals surface area contributed by atoms with Crippen LogP contribution in [0.4, 0.5) is 0 Å². The van der Waals surface area contributed by atoms with Crippen molar-refractivity contribution in [2.24, 2.45) is 5.92 Å². The van der Waals surface area contributed by atoms with Crippen molar-refractivity contribution >= 4 is 5.97 Å². The topological polar surface area (TPSA) is 37.3 Å². The number of allylic oxidation sites excluding steroid dienone is 10. The molecule has 0 aliphatic carbocycles. The minimum Gasteiger partial charge on any atom is -0.481 e. The molecular weight excluding hydrogens is 284 g/mol. The number of aliphatic carboxylic acids is 1. The lowest BCUT2D eigenvalue weighted by Gasteiger charge is -2.01. The Hall–Kier alpha value is -1.83. The third-order valence-electron chi connectivity index (χ3n) is 3.35. The van der Waals surface area contributed by atoms with Crippen LogP contribution in [-0.4, -0.2) is 11.1 Å². The fourth-order valence-electron chi connectivity index (χ4n) is 1.84. The summed E-state index contributed by atoms with van der Waals surface area (Å²) in [6.45, 7) is 3.89. The summed E-state index contributed by atoms with van der Waals surface area (Å²) in [6.07, 6.45) is 28.2. The van der Waals surface area contributed by atoms with Gasteiger partial charge in [0.15, 0.2) is 0 Å². The molecule has 1 N–H and O–H groups in total. The van der Waals surface area contributed by atoms with Crippen molar-refractivity contribution in [3.05, 3.63) is 60.8 Å². The van der Waals surface area contributed by atoms with E-state index in [1.165, 1.54) is 0 Å². The average molecular weight is 316 g/mol. The molecule has 0 unspecified atom stereocenters. The highest BCUT2D eigenvalue weighted by Gasteiger charge is 2.08. The van der Waals surface area contributed by atoms with Gasteiger partial charge in [0.1, 0.15) is 0 Å². The summed E-state index contributed by atoms with van der Waals surface area (Å²) >= 11 is 0. The van der Waals surface area contributed by atoms with E-state index in [2.05, 4.69) is 67.7 Å². The third-order valence-corrected chi connectivity index (χ3v) is 3.35. The van der Waals surface area contributed by atoms with E-state index < -0.39 is 5.97 Å². The van der Waals surface area contributed by atoms with Gasteiger partial charge in [-0.2, -0.15) is 0 Å². The Morgan fingerprint density at radius 2 is 1.17 bits per heavy atom. The van der Waals surface area contributed by atoms with E-state index in [1.54, 1.807) is 6.92 Å². The molecule has 0 aliphatic rings. The molecule has 0 saturated carbocycles. The fraction of sp³-hybridized carbons (Fsp3) is 0.476. The second kappa shape index (κ2) is 16.5. The monoisotopic (exact) mass is 316 g/mol. The van der Waals surface area contributed by atoms with Gasteiger partial charge < -0.3 is 5.11 Å². The molecule has 0 amide bonds. The largest absolute Gasteiger partial charge is 0.481 e. The third kappa shape index (κ3) is 16.4. The van der Waals surface area contributed by atoms with Gasteiger partial charge in [0, 0.05) is 0 Å². The van der Waals surface area contributed by atoms with Crippen LogP contribution in [0.5, 0.6) is 0 Å². The summed E-state index contributed by atoms with van der Waals surface area (Å²) < 4.78 is 0. The van der Waals surface area contributed by atoms with Gasteiger partial charge in [-0.25, -0.2) is 0 Å². The molecular formula is C21H32O2. The molecule has 0 fully saturated rings. The summed E-state index contributed by atoms with van der Waals surface area (Å²) in [5.41, 5.74) is 0. The molecule has 0 rings (SSSR count). The highest BCUT2D eigenvalue weighted by Crippen LogP contribution is 2.06. The number of carboxylic acid groups (broad SMARTS) is 1. The Bertz CT molecular complexity index is 425. The van der Waals surface area contributed by atoms with Crippen LogP contribution in [0.2, 0.25) is 0 Å². The summed E-state index contributed by atoms with van der Waals surface area (Å²) in [6, 6.07) is 0. The van der Waals surface area contributed by atoms with Crippen molar-refractivity contribution in [3.8, 4) is 0 Å². The highest BCUT2D eigenvalue weighted by molar-refractivity contribution is 5.69. The normalized spacial score (nSPS) is 14.2. The zero-order chi connectivity index (χ0) is 17.2. The van der Waals surface area contributed by atoms with Crippen LogP contribution in [0.25, 0.3) is 0 Å². The van der Waals surface area contributed by atoms with Crippen molar-refractivity contribution < 1.29 is 9.90 Å². The lowest BCUT2D eigenvalue weighted by atomic mass is 10.1. The molecule has 2 nitrogen and oxygen atoms in total. The molecule has 0 spiro atoms. The summed E-state index contributed by atoms with van der Waals surface area (Å²) in [7, 11) is 0. The molecule has 0 radical (unpaired) electrons. The molecule has 23 heavy (non-hydrogen) atoms. The SMILES string of the molecule is CC/C=C\C/C=C\C/C=C\C/C=C\C/C=C\CC[C@@H](C)C(=O)O. The first-order valence-electron chi connectivity index (χ1n) is 8.66. The van der Waals surface area contributed by atoms with E-state index in [1.807, 2.05) is 0 Å². The summed E-state index contributed by atoms with van der Waals surface area (Å²) in [4.78, 5) is 10.6. The first kappa shape index (κ1) is 21.2. The minimum absolute atomic E-state index is 0.253. The van der Waals surface area contributed by atoms with Crippen molar-refractivity contribution in [1.82, 2.24) is 0 Å². The Morgan fingerprint density at radius 1 is 0.783 bits per heavy atom. The maximum Gasteiger partial charge on any atom is 0.306 e. The van der Waals surface area contributed by atoms with Crippen molar-refractivity contribution in [2.75, 3.05) is 0 Å². The number of carbonyl (C=O) groups is 1. The Kier molecular flexibility index (Phi) is 15.2. The quantitative estimate of drug-likeness (QED) is 0.408. The smallest absolute Gasteiger partial charge is 0.306 e. The van der Waals surface area contributed by atoms with Crippen LogP contribution >= 0.6 is 0 Å². The zero-order valence-electron chi connectivity index (χ0n) is 14.7. The van der Waals surface area contributed by atoms with Crippen LogP contribution in [0.15, 0.2) is 60.8 Å². The minimum atomic E-state index is -0.711. The first-order chi connectivity index (χ1) is 11.2. The molecule has 128 valence electrons. The van der Waals surface area contributed by atoms with Gasteiger partial charge in [-0.1, -0.05) is 74.6 Å². The van der Waals surface area contributed by atoms with Crippen molar-refractivity contribution in [1.29, 1.82) is 0 Å². The van der Waals surface area contributed by atoms with E-state index in [4.69, 9.17) is 5.11 Å². The van der Waals surface area contributed by atoms with E-state index >= 15 is 0 Å². The standard InChI is InChI=1S/C21H32O2/c1-3-4-5-6-7-8-9-10-11-12-13-14-15-16-17-18-19-20(2)21(22)23/h4-5,7-8,10-11,13-14,16-17,20H,3,6,9,12,15,18-19H2,1-2H3,(H,22,23)/b5-4-,8-7-,11-10-,14-13-,17-16-/t20-/m1/s1. The summed E-state index contributed by atoms with van der Waals surface area (Å²) in [5, 5.41) is 8.76. The second-order valence-corrected chi connectivity index (χ2v) is 5.52. The molecule has 0 heterocycles. The van der Waals surface area contributed by atoms with Crippen LogP contribution < -0.4 is 0 Å². The number of hydrogen-bond acceptors (Lipinski definition) is 1. The number of carboxylic acids is 1. The zero-order valence-corrected chi connectivity index (χ0v) is 14.7. The van der Waals surface area contributed by atoms with Crippen molar-refractivity contribution in [2.45, 2.75) is 58.8 Å². The molecule has 0 saturated heterocycles. The molecule has 1 atom stereocenters. The maximum atomic E-state index is 10.6. The Morgan fingerprint density at radius 3 is 1.57 bits per heavy atom. The van der Waals surface area contributed by atoms with Gasteiger partial charge in [0.25, 0.3) is 0 Å². The molecule has 0 bridgehead atoms. The molecule has 0 aromatic carbocycles. The van der Waals surface area contributed by atoms with Gasteiger partial charge in [-0.3, -0.25) is 4.79 Å². The van der Waals surface area contributed by atoms with E-state index in [9.17, 15) is 4.79 Å². The molecule has 0 aromatic rings. The number of hydrogen-bond donors (Lipinski definition) is 1. The van der Waals surface area contributed by atoms with Crippen LogP contribution in [0.3, 0.4) is 0 Å². The van der Waals surface area contributed by atoms with Crippen LogP contribution in [0.1, 0.15) is 58.8 Å². The van der Waals surface area contributed by atoms with E-state index in [-0.39, 0.29) is 5.92 Å². The van der Waals surface area contributed by atoms with Crippen LogP contribution in [-0.2, 0) is 4.79 Å². The lowest BCUT2D eigenvalue weighted by molar-refractivity contribution is -0.141. The fourth-order valence-corrected chi connectivity index (χ4v) is 1.84. The predicted molar refractivity (Wildman–Crippen MR) is 100 cm³/mol. The van der Waals surface area contributed by atoms with Crippen LogP contribution in [0, 0.1) is 5.92 Å². The Labute approximate surface area is 142 Å². The van der Waals surface area contributed by atoms with Gasteiger partial charge >= 0.3 is 5.97 Å². The molecule has 2 heteroatoms. The maximum absolute atomic E-state index is 10.6. The molecule has 0 aliphatic heterocycles. The van der Waals surface area contributed by atoms with Gasteiger partial charge in [-0.15, -0.1) is 0 Å². The predicted octanol–water partition coefficient (Wildman–Crippen LogP) is 6.24. The van der Waals surface area contributed by atoms with Crippen molar-refractivity contribution in [3.63, 3.8) is 0 Å². The summed E-state index contributed by atoms with van der Waals surface area (Å²) in [5.74, 6) is -0.964. The van der Waals surface area contributed by atoms with Gasteiger partial charge in [0.2, 0.25) is 0 Å².